The van der Waals surface area contributed by atoms with E-state index < -0.39 is 11.9 Å². The minimum Gasteiger partial charge on any atom is -0.504 e. The summed E-state index contributed by atoms with van der Waals surface area (Å²) in [5.41, 5.74) is 0.0625. The quantitative estimate of drug-likeness (QED) is 0.832. The van der Waals surface area contributed by atoms with Crippen molar-refractivity contribution in [2.75, 3.05) is 13.7 Å². The number of carboxylic acid groups (broad SMARTS) is 1. The average molecular weight is 265 g/mol. The Morgan fingerprint density at radius 1 is 1.42 bits per heavy atom. The zero-order chi connectivity index (χ0) is 14.0. The molecule has 1 aliphatic rings. The number of carbonyl (C=O) groups is 2. The van der Waals surface area contributed by atoms with Crippen molar-refractivity contribution in [1.82, 2.24) is 4.90 Å². The number of ether oxygens (including phenoxy) is 1. The molecule has 1 fully saturated rings. The van der Waals surface area contributed by atoms with E-state index in [2.05, 4.69) is 0 Å². The maximum absolute atomic E-state index is 12.3. The molecule has 6 nitrogen and oxygen atoms in total. The Hall–Kier alpha value is -2.24. The van der Waals surface area contributed by atoms with Gasteiger partial charge in [0.2, 0.25) is 0 Å². The molecule has 1 aromatic rings. The van der Waals surface area contributed by atoms with Gasteiger partial charge in [-0.05, 0) is 25.0 Å². The van der Waals surface area contributed by atoms with E-state index in [1.54, 1.807) is 6.07 Å². The van der Waals surface area contributed by atoms with Crippen molar-refractivity contribution >= 4 is 11.9 Å². The normalized spacial score (nSPS) is 13.9. The van der Waals surface area contributed by atoms with Gasteiger partial charge in [-0.2, -0.15) is 0 Å². The topological polar surface area (TPSA) is 87.1 Å². The summed E-state index contributed by atoms with van der Waals surface area (Å²) in [6.45, 7) is -0.361. The van der Waals surface area contributed by atoms with Crippen LogP contribution < -0.4 is 4.74 Å². The van der Waals surface area contributed by atoms with Gasteiger partial charge in [-0.15, -0.1) is 0 Å². The van der Waals surface area contributed by atoms with Gasteiger partial charge in [0.05, 0.1) is 12.7 Å². The van der Waals surface area contributed by atoms with Crippen molar-refractivity contribution in [2.24, 2.45) is 0 Å². The van der Waals surface area contributed by atoms with E-state index in [1.165, 1.54) is 24.1 Å². The Kier molecular flexibility index (Phi) is 3.59. The van der Waals surface area contributed by atoms with E-state index in [4.69, 9.17) is 9.84 Å². The molecule has 0 bridgehead atoms. The van der Waals surface area contributed by atoms with Gasteiger partial charge in [0.1, 0.15) is 6.54 Å². The summed E-state index contributed by atoms with van der Waals surface area (Å²) in [6.07, 6.45) is 1.59. The maximum atomic E-state index is 12.3. The van der Waals surface area contributed by atoms with Gasteiger partial charge in [0, 0.05) is 6.04 Å². The molecule has 1 saturated carbocycles. The van der Waals surface area contributed by atoms with E-state index in [9.17, 15) is 14.7 Å². The predicted molar refractivity (Wildman–Crippen MR) is 66.4 cm³/mol. The molecule has 102 valence electrons. The number of rotatable bonds is 5. The molecular formula is C13H15NO5. The minimum atomic E-state index is -1.07. The van der Waals surface area contributed by atoms with Crippen LogP contribution in [-0.2, 0) is 4.79 Å². The lowest BCUT2D eigenvalue weighted by atomic mass is 10.1. The van der Waals surface area contributed by atoms with Gasteiger partial charge in [0.15, 0.2) is 11.5 Å². The molecule has 0 saturated heterocycles. The van der Waals surface area contributed by atoms with Crippen LogP contribution in [0.5, 0.6) is 11.5 Å². The first-order valence-corrected chi connectivity index (χ1v) is 5.93. The molecule has 2 rings (SSSR count). The third-order valence-corrected chi connectivity index (χ3v) is 3.00. The van der Waals surface area contributed by atoms with Crippen LogP contribution in [0.4, 0.5) is 0 Å². The highest BCUT2D eigenvalue weighted by Gasteiger charge is 2.35. The van der Waals surface area contributed by atoms with Crippen LogP contribution in [0.1, 0.15) is 23.2 Å². The number of carboxylic acids is 1. The second kappa shape index (κ2) is 5.17. The number of nitrogens with zero attached hydrogens (tertiary/aromatic N) is 1. The van der Waals surface area contributed by atoms with Gasteiger partial charge in [-0.25, -0.2) is 0 Å². The SMILES string of the molecule is COc1cccc(C(=O)N(CC(=O)O)C2CC2)c1O. The molecule has 6 heteroatoms. The third kappa shape index (κ3) is 2.78. The van der Waals surface area contributed by atoms with Gasteiger partial charge >= 0.3 is 5.97 Å². The minimum absolute atomic E-state index is 0.0470. The fourth-order valence-electron chi connectivity index (χ4n) is 1.91. The predicted octanol–water partition coefficient (Wildman–Crippen LogP) is 1.09. The molecule has 19 heavy (non-hydrogen) atoms. The van der Waals surface area contributed by atoms with E-state index in [1.807, 2.05) is 0 Å². The molecule has 2 N–H and O–H groups in total. The van der Waals surface area contributed by atoms with Crippen molar-refractivity contribution in [3.05, 3.63) is 23.8 Å². The number of phenolic OH excluding ortho intramolecular Hbond substituents is 1. The highest BCUT2D eigenvalue weighted by atomic mass is 16.5. The monoisotopic (exact) mass is 265 g/mol. The zero-order valence-electron chi connectivity index (χ0n) is 10.5. The highest BCUT2D eigenvalue weighted by Crippen LogP contribution is 2.33. The lowest BCUT2D eigenvalue weighted by Gasteiger charge is -2.21. The first kappa shape index (κ1) is 13.2. The molecule has 1 aromatic carbocycles. The molecule has 0 heterocycles. The summed E-state index contributed by atoms with van der Waals surface area (Å²) >= 11 is 0. The number of amides is 1. The fourth-order valence-corrected chi connectivity index (χ4v) is 1.91. The van der Waals surface area contributed by atoms with Crippen molar-refractivity contribution in [2.45, 2.75) is 18.9 Å². The van der Waals surface area contributed by atoms with E-state index in [-0.39, 0.29) is 29.6 Å². The molecule has 1 aliphatic carbocycles. The van der Waals surface area contributed by atoms with Gasteiger partial charge in [0.25, 0.3) is 5.91 Å². The van der Waals surface area contributed by atoms with Crippen molar-refractivity contribution < 1.29 is 24.5 Å². The van der Waals surface area contributed by atoms with Crippen molar-refractivity contribution in [1.29, 1.82) is 0 Å². The van der Waals surface area contributed by atoms with Gasteiger partial charge in [-0.3, -0.25) is 9.59 Å². The molecule has 0 spiro atoms. The first-order valence-electron chi connectivity index (χ1n) is 5.93. The van der Waals surface area contributed by atoms with Crippen LogP contribution in [0.15, 0.2) is 18.2 Å². The Bertz CT molecular complexity index is 510. The molecule has 0 radical (unpaired) electrons. The summed E-state index contributed by atoms with van der Waals surface area (Å²) in [7, 11) is 1.39. The Morgan fingerprint density at radius 2 is 2.11 bits per heavy atom. The van der Waals surface area contributed by atoms with Crippen LogP contribution in [-0.4, -0.2) is 46.7 Å². The fraction of sp³-hybridized carbons (Fsp3) is 0.385. The Balaban J connectivity index is 2.28. The largest absolute Gasteiger partial charge is 0.504 e. The molecule has 0 unspecified atom stereocenters. The number of hydrogen-bond acceptors (Lipinski definition) is 4. The number of para-hydroxylation sites is 1. The van der Waals surface area contributed by atoms with Crippen LogP contribution in [0.3, 0.4) is 0 Å². The third-order valence-electron chi connectivity index (χ3n) is 3.00. The lowest BCUT2D eigenvalue weighted by molar-refractivity contribution is -0.137. The summed E-state index contributed by atoms with van der Waals surface area (Å²) in [5, 5.41) is 18.8. The number of phenols is 1. The smallest absolute Gasteiger partial charge is 0.323 e. The molecule has 0 aromatic heterocycles. The van der Waals surface area contributed by atoms with Crippen LogP contribution >= 0.6 is 0 Å². The van der Waals surface area contributed by atoms with Crippen molar-refractivity contribution in [3.63, 3.8) is 0 Å². The van der Waals surface area contributed by atoms with Crippen molar-refractivity contribution in [3.8, 4) is 11.5 Å². The van der Waals surface area contributed by atoms with E-state index in [0.29, 0.717) is 0 Å². The number of aromatic hydroxyl groups is 1. The zero-order valence-corrected chi connectivity index (χ0v) is 10.5. The van der Waals surface area contributed by atoms with E-state index in [0.717, 1.165) is 12.8 Å². The number of carbonyl (C=O) groups excluding carboxylic acids is 1. The Labute approximate surface area is 110 Å². The Morgan fingerprint density at radius 3 is 2.63 bits per heavy atom. The first-order chi connectivity index (χ1) is 9.04. The van der Waals surface area contributed by atoms with Gasteiger partial charge < -0.3 is 19.8 Å². The van der Waals surface area contributed by atoms with Crippen LogP contribution in [0, 0.1) is 0 Å². The summed E-state index contributed by atoms with van der Waals surface area (Å²) < 4.78 is 4.94. The second-order valence-electron chi connectivity index (χ2n) is 4.41. The lowest BCUT2D eigenvalue weighted by Crippen LogP contribution is -2.37. The van der Waals surface area contributed by atoms with Gasteiger partial charge in [-0.1, -0.05) is 6.07 Å². The molecule has 0 atom stereocenters. The molecule has 0 aliphatic heterocycles. The molecular weight excluding hydrogens is 250 g/mol. The van der Waals surface area contributed by atoms with E-state index >= 15 is 0 Å². The molecule has 1 amide bonds. The second-order valence-corrected chi connectivity index (χ2v) is 4.41. The summed E-state index contributed by atoms with van der Waals surface area (Å²) in [4.78, 5) is 24.4. The summed E-state index contributed by atoms with van der Waals surface area (Å²) in [6, 6.07) is 4.52. The number of aliphatic carboxylic acids is 1. The van der Waals surface area contributed by atoms with Crippen LogP contribution in [0.2, 0.25) is 0 Å². The number of benzene rings is 1. The number of hydrogen-bond donors (Lipinski definition) is 2. The van der Waals surface area contributed by atoms with Crippen LogP contribution in [0.25, 0.3) is 0 Å². The standard InChI is InChI=1S/C13H15NO5/c1-19-10-4-2-3-9(12(10)17)13(18)14(7-11(15)16)8-5-6-8/h2-4,8,17H,5-7H2,1H3,(H,15,16). The number of methoxy groups -OCH3 is 1. The summed E-state index contributed by atoms with van der Waals surface area (Å²) in [5.74, 6) is -1.62. The maximum Gasteiger partial charge on any atom is 0.323 e. The highest BCUT2D eigenvalue weighted by molar-refractivity contribution is 5.99. The average Bonchev–Trinajstić information content (AvgIpc) is 3.19.